The number of hydrogen-bond acceptors (Lipinski definition) is 5. The highest BCUT2D eigenvalue weighted by molar-refractivity contribution is 6.32. The van der Waals surface area contributed by atoms with Crippen LogP contribution in [0.4, 0.5) is 4.39 Å². The van der Waals surface area contributed by atoms with Gasteiger partial charge in [0.25, 0.3) is 0 Å². The third-order valence-corrected chi connectivity index (χ3v) is 5.32. The summed E-state index contributed by atoms with van der Waals surface area (Å²) in [5.41, 5.74) is 2.80. The van der Waals surface area contributed by atoms with Gasteiger partial charge in [0, 0.05) is 11.6 Å². The highest BCUT2D eigenvalue weighted by Gasteiger charge is 2.15. The highest BCUT2D eigenvalue weighted by atomic mass is 35.5. The number of benzene rings is 3. The summed E-state index contributed by atoms with van der Waals surface area (Å²) in [5.74, 6) is 1.43. The van der Waals surface area contributed by atoms with E-state index in [1.165, 1.54) is 6.07 Å². The number of nitriles is 1. The number of methoxy groups -OCH3 is 1. The molecule has 8 heteroatoms. The summed E-state index contributed by atoms with van der Waals surface area (Å²) in [5, 5.41) is 10.1. The molecule has 1 heterocycles. The van der Waals surface area contributed by atoms with Crippen LogP contribution in [-0.4, -0.2) is 23.7 Å². The van der Waals surface area contributed by atoms with Crippen LogP contribution in [0, 0.1) is 17.1 Å². The Kier molecular flexibility index (Phi) is 7.00. The van der Waals surface area contributed by atoms with Crippen molar-refractivity contribution in [2.24, 2.45) is 0 Å². The van der Waals surface area contributed by atoms with Crippen molar-refractivity contribution in [2.45, 2.75) is 13.5 Å². The molecule has 0 aliphatic heterocycles. The van der Waals surface area contributed by atoms with Crippen molar-refractivity contribution in [3.8, 4) is 23.3 Å². The predicted molar refractivity (Wildman–Crippen MR) is 129 cm³/mol. The maximum absolute atomic E-state index is 14.0. The molecule has 0 saturated carbocycles. The van der Waals surface area contributed by atoms with Gasteiger partial charge < -0.3 is 19.2 Å². The van der Waals surface area contributed by atoms with Crippen LogP contribution in [0.3, 0.4) is 0 Å². The van der Waals surface area contributed by atoms with Gasteiger partial charge in [-0.2, -0.15) is 5.26 Å². The molecular formula is C26H21ClFN3O3. The molecule has 0 unspecified atom stereocenters. The molecule has 0 aliphatic rings. The number of halogens is 2. The van der Waals surface area contributed by atoms with Crippen LogP contribution in [-0.2, 0) is 6.61 Å². The first kappa shape index (κ1) is 23.1. The molecule has 6 nitrogen and oxygen atoms in total. The average molecular weight is 478 g/mol. The predicted octanol–water partition coefficient (Wildman–Crippen LogP) is 6.41. The van der Waals surface area contributed by atoms with E-state index in [0.717, 1.165) is 5.52 Å². The average Bonchev–Trinajstić information content (AvgIpc) is 3.26. The minimum atomic E-state index is -0.363. The zero-order valence-electron chi connectivity index (χ0n) is 18.6. The lowest BCUT2D eigenvalue weighted by Gasteiger charge is -2.15. The van der Waals surface area contributed by atoms with Gasteiger partial charge in [-0.1, -0.05) is 29.8 Å². The lowest BCUT2D eigenvalue weighted by molar-refractivity contribution is 0.266. The number of imidazole rings is 1. The topological polar surface area (TPSA) is 80.2 Å². The number of fused-ring (bicyclic) bond motifs is 1. The van der Waals surface area contributed by atoms with Crippen molar-refractivity contribution < 1.29 is 18.6 Å². The van der Waals surface area contributed by atoms with Crippen LogP contribution in [0.1, 0.15) is 23.9 Å². The molecule has 3 aromatic carbocycles. The summed E-state index contributed by atoms with van der Waals surface area (Å²) < 4.78 is 30.7. The largest absolute Gasteiger partial charge is 0.497 e. The fourth-order valence-electron chi connectivity index (χ4n) is 3.40. The van der Waals surface area contributed by atoms with Gasteiger partial charge in [-0.25, -0.2) is 9.37 Å². The summed E-state index contributed by atoms with van der Waals surface area (Å²) >= 11 is 6.50. The number of allylic oxidation sites excluding steroid dienone is 1. The Balaban J connectivity index is 1.66. The van der Waals surface area contributed by atoms with Crippen molar-refractivity contribution in [2.75, 3.05) is 13.7 Å². The van der Waals surface area contributed by atoms with Crippen LogP contribution < -0.4 is 14.2 Å². The maximum atomic E-state index is 14.0. The number of aromatic amines is 1. The molecule has 1 aromatic heterocycles. The maximum Gasteiger partial charge on any atom is 0.180 e. The van der Waals surface area contributed by atoms with Gasteiger partial charge in [0.05, 0.1) is 35.3 Å². The Morgan fingerprint density at radius 3 is 2.74 bits per heavy atom. The van der Waals surface area contributed by atoms with Crippen LogP contribution in [0.5, 0.6) is 17.2 Å². The van der Waals surface area contributed by atoms with E-state index in [4.69, 9.17) is 25.8 Å². The molecule has 172 valence electrons. The van der Waals surface area contributed by atoms with Gasteiger partial charge in [-0.3, -0.25) is 0 Å². The quantitative estimate of drug-likeness (QED) is 0.297. The van der Waals surface area contributed by atoms with Gasteiger partial charge in [-0.15, -0.1) is 0 Å². The standard InChI is InChI=1S/C26H21ClFN3O3/c1-3-33-24-12-16(11-20(27)25(24)34-15-17-6-4-5-7-21(17)28)10-18(14-29)26-30-22-9-8-19(32-2)13-23(22)31-26/h4-13H,3,15H2,1-2H3,(H,30,31)/b18-10-. The summed E-state index contributed by atoms with van der Waals surface area (Å²) in [7, 11) is 1.59. The molecule has 0 amide bonds. The molecule has 0 bridgehead atoms. The Bertz CT molecular complexity index is 1410. The van der Waals surface area contributed by atoms with E-state index >= 15 is 0 Å². The van der Waals surface area contributed by atoms with Crippen molar-refractivity contribution in [1.29, 1.82) is 5.26 Å². The normalized spacial score (nSPS) is 11.3. The number of nitrogens with zero attached hydrogens (tertiary/aromatic N) is 2. The minimum absolute atomic E-state index is 0.00640. The molecule has 0 atom stereocenters. The van der Waals surface area contributed by atoms with E-state index in [2.05, 4.69) is 16.0 Å². The fourth-order valence-corrected chi connectivity index (χ4v) is 3.68. The Morgan fingerprint density at radius 2 is 2.00 bits per heavy atom. The Labute approximate surface area is 201 Å². The number of aromatic nitrogens is 2. The fraction of sp³-hybridized carbons (Fsp3) is 0.154. The molecule has 0 radical (unpaired) electrons. The number of H-pyrrole nitrogens is 1. The van der Waals surface area contributed by atoms with Crippen LogP contribution in [0.15, 0.2) is 54.6 Å². The third-order valence-electron chi connectivity index (χ3n) is 5.04. The molecule has 1 N–H and O–H groups in total. The zero-order valence-corrected chi connectivity index (χ0v) is 19.3. The first-order chi connectivity index (χ1) is 16.5. The Hall–Kier alpha value is -4.02. The summed E-state index contributed by atoms with van der Waals surface area (Å²) in [4.78, 5) is 7.64. The Morgan fingerprint density at radius 1 is 1.18 bits per heavy atom. The zero-order chi connectivity index (χ0) is 24.1. The monoisotopic (exact) mass is 477 g/mol. The first-order valence-corrected chi connectivity index (χ1v) is 10.9. The van der Waals surface area contributed by atoms with Crippen LogP contribution >= 0.6 is 11.6 Å². The van der Waals surface area contributed by atoms with Gasteiger partial charge in [0.15, 0.2) is 11.5 Å². The van der Waals surface area contributed by atoms with E-state index < -0.39 is 0 Å². The second-order valence-corrected chi connectivity index (χ2v) is 7.69. The number of rotatable bonds is 8. The second kappa shape index (κ2) is 10.3. The van der Waals surface area contributed by atoms with Gasteiger partial charge in [0.1, 0.15) is 30.1 Å². The minimum Gasteiger partial charge on any atom is -0.497 e. The molecule has 0 saturated heterocycles. The highest BCUT2D eigenvalue weighted by Crippen LogP contribution is 2.38. The van der Waals surface area contributed by atoms with Crippen molar-refractivity contribution in [1.82, 2.24) is 9.97 Å². The van der Waals surface area contributed by atoms with Crippen LogP contribution in [0.2, 0.25) is 5.02 Å². The summed E-state index contributed by atoms with van der Waals surface area (Å²) in [6, 6.07) is 17.3. The second-order valence-electron chi connectivity index (χ2n) is 7.28. The lowest BCUT2D eigenvalue weighted by atomic mass is 10.1. The number of ether oxygens (including phenoxy) is 3. The van der Waals surface area contributed by atoms with E-state index in [-0.39, 0.29) is 17.4 Å². The van der Waals surface area contributed by atoms with Crippen molar-refractivity contribution in [3.63, 3.8) is 0 Å². The third kappa shape index (κ3) is 4.98. The van der Waals surface area contributed by atoms with E-state index in [1.54, 1.807) is 49.6 Å². The van der Waals surface area contributed by atoms with Crippen LogP contribution in [0.25, 0.3) is 22.7 Å². The SMILES string of the molecule is CCOc1cc(/C=C(/C#N)c2nc3ccc(OC)cc3[nH]2)cc(Cl)c1OCc1ccccc1F. The van der Waals surface area contributed by atoms with Crippen molar-refractivity contribution in [3.05, 3.63) is 82.4 Å². The number of nitrogens with one attached hydrogen (secondary N) is 1. The van der Waals surface area contributed by atoms with E-state index in [9.17, 15) is 9.65 Å². The lowest BCUT2D eigenvalue weighted by Crippen LogP contribution is -2.02. The number of hydrogen-bond donors (Lipinski definition) is 1. The molecule has 34 heavy (non-hydrogen) atoms. The van der Waals surface area contributed by atoms with E-state index in [0.29, 0.717) is 51.9 Å². The molecule has 0 aliphatic carbocycles. The smallest absolute Gasteiger partial charge is 0.180 e. The first-order valence-electron chi connectivity index (χ1n) is 10.5. The molecular weight excluding hydrogens is 457 g/mol. The molecule has 0 spiro atoms. The van der Waals surface area contributed by atoms with Crippen molar-refractivity contribution >= 4 is 34.3 Å². The van der Waals surface area contributed by atoms with E-state index in [1.807, 2.05) is 19.1 Å². The molecule has 0 fully saturated rings. The molecule has 4 aromatic rings. The van der Waals surface area contributed by atoms with Gasteiger partial charge >= 0.3 is 0 Å². The summed E-state index contributed by atoms with van der Waals surface area (Å²) in [6.45, 7) is 2.20. The van der Waals surface area contributed by atoms with Gasteiger partial charge in [0.2, 0.25) is 0 Å². The summed E-state index contributed by atoms with van der Waals surface area (Å²) in [6.07, 6.45) is 1.66. The molecule has 4 rings (SSSR count). The van der Waals surface area contributed by atoms with Gasteiger partial charge in [-0.05, 0) is 48.9 Å².